The minimum absolute atomic E-state index is 0.0421. The maximum atomic E-state index is 12.8. The summed E-state index contributed by atoms with van der Waals surface area (Å²) in [6.45, 7) is 1.99. The molecule has 10 heteroatoms. The van der Waals surface area contributed by atoms with E-state index in [2.05, 4.69) is 25.2 Å². The predicted molar refractivity (Wildman–Crippen MR) is 141 cm³/mol. The highest BCUT2D eigenvalue weighted by Gasteiger charge is 2.19. The quantitative estimate of drug-likeness (QED) is 0.256. The zero-order chi connectivity index (χ0) is 25.8. The Kier molecular flexibility index (Phi) is 6.57. The molecule has 0 spiro atoms. The van der Waals surface area contributed by atoms with Crippen LogP contribution in [0.5, 0.6) is 11.6 Å². The third kappa shape index (κ3) is 5.44. The zero-order valence-electron chi connectivity index (χ0n) is 19.8. The van der Waals surface area contributed by atoms with Gasteiger partial charge in [-0.05, 0) is 60.5 Å². The molecule has 5 aromatic rings. The second-order valence-electron chi connectivity index (χ2n) is 8.23. The van der Waals surface area contributed by atoms with Crippen molar-refractivity contribution in [2.24, 2.45) is 0 Å². The minimum Gasteiger partial charge on any atom is -0.437 e. The molecule has 0 aliphatic rings. The molecule has 1 amide bonds. The predicted octanol–water partition coefficient (Wildman–Crippen LogP) is 5.37. The number of benzene rings is 3. The summed E-state index contributed by atoms with van der Waals surface area (Å²) in [6, 6.07) is 22.8. The number of carbonyl (C=O) groups is 1. The Balaban J connectivity index is 1.25. The summed E-state index contributed by atoms with van der Waals surface area (Å²) in [7, 11) is -3.86. The van der Waals surface area contributed by atoms with Gasteiger partial charge in [0, 0.05) is 28.3 Å². The largest absolute Gasteiger partial charge is 0.437 e. The lowest BCUT2D eigenvalue weighted by Gasteiger charge is -2.08. The summed E-state index contributed by atoms with van der Waals surface area (Å²) in [5.41, 5.74) is 2.09. The van der Waals surface area contributed by atoms with Gasteiger partial charge in [0.25, 0.3) is 15.9 Å². The van der Waals surface area contributed by atoms with Gasteiger partial charge in [-0.15, -0.1) is 5.10 Å². The molecule has 0 radical (unpaired) electrons. The van der Waals surface area contributed by atoms with E-state index in [1.165, 1.54) is 12.3 Å². The van der Waals surface area contributed by atoms with E-state index in [9.17, 15) is 13.2 Å². The Hall–Kier alpha value is -4.70. The van der Waals surface area contributed by atoms with Crippen LogP contribution >= 0.6 is 0 Å². The molecule has 2 heterocycles. The number of anilines is 2. The number of aromatic nitrogens is 3. The molecular formula is C27H23N5O4S. The van der Waals surface area contributed by atoms with Crippen molar-refractivity contribution < 1.29 is 17.9 Å². The fourth-order valence-corrected chi connectivity index (χ4v) is 4.77. The van der Waals surface area contributed by atoms with Crippen LogP contribution < -0.4 is 14.8 Å². The molecule has 0 bridgehead atoms. The Morgan fingerprint density at radius 2 is 1.78 bits per heavy atom. The number of amides is 1. The molecular weight excluding hydrogens is 490 g/mol. The molecule has 9 nitrogen and oxygen atoms in total. The van der Waals surface area contributed by atoms with E-state index >= 15 is 0 Å². The van der Waals surface area contributed by atoms with Crippen LogP contribution in [0.15, 0.2) is 96.2 Å². The highest BCUT2D eigenvalue weighted by molar-refractivity contribution is 7.92. The van der Waals surface area contributed by atoms with Crippen LogP contribution in [-0.4, -0.2) is 29.5 Å². The van der Waals surface area contributed by atoms with Gasteiger partial charge in [0.15, 0.2) is 0 Å². The maximum absolute atomic E-state index is 12.8. The van der Waals surface area contributed by atoms with Crippen molar-refractivity contribution in [3.8, 4) is 11.6 Å². The maximum Gasteiger partial charge on any atom is 0.272 e. The van der Waals surface area contributed by atoms with Crippen molar-refractivity contribution in [1.29, 1.82) is 0 Å². The minimum atomic E-state index is -3.86. The summed E-state index contributed by atoms with van der Waals surface area (Å²) >= 11 is 0. The van der Waals surface area contributed by atoms with Gasteiger partial charge in [-0.3, -0.25) is 9.52 Å². The molecule has 0 fully saturated rings. The van der Waals surface area contributed by atoms with Crippen molar-refractivity contribution in [3.63, 3.8) is 0 Å². The summed E-state index contributed by atoms with van der Waals surface area (Å²) in [6.07, 6.45) is 3.73. The Bertz CT molecular complexity index is 1680. The third-order valence-electron chi connectivity index (χ3n) is 5.66. The number of ether oxygens (including phenoxy) is 1. The molecule has 2 aromatic heterocycles. The van der Waals surface area contributed by atoms with E-state index in [0.29, 0.717) is 23.0 Å². The number of sulfonamides is 1. The Morgan fingerprint density at radius 3 is 2.59 bits per heavy atom. The smallest absolute Gasteiger partial charge is 0.272 e. The van der Waals surface area contributed by atoms with E-state index < -0.39 is 15.9 Å². The van der Waals surface area contributed by atoms with Crippen LogP contribution in [0.4, 0.5) is 11.4 Å². The first-order valence-corrected chi connectivity index (χ1v) is 13.0. The monoisotopic (exact) mass is 513 g/mol. The molecule has 0 aliphatic carbocycles. The molecule has 0 aliphatic heterocycles. The zero-order valence-corrected chi connectivity index (χ0v) is 20.6. The first-order valence-electron chi connectivity index (χ1n) is 11.5. The average Bonchev–Trinajstić information content (AvgIpc) is 3.42. The molecule has 3 N–H and O–H groups in total. The summed E-state index contributed by atoms with van der Waals surface area (Å²) in [5, 5.41) is 12.5. The SMILES string of the molecule is CCc1cccc(NS(=O)(=O)c2c[nH]c(C(=O)Nc3ccc(Oc4nncc5ccccc45)cc3)c2)c1. The van der Waals surface area contributed by atoms with Crippen LogP contribution in [-0.2, 0) is 16.4 Å². The normalized spacial score (nSPS) is 11.3. The third-order valence-corrected chi connectivity index (χ3v) is 7.02. The van der Waals surface area contributed by atoms with Crippen LogP contribution in [0, 0.1) is 0 Å². The molecule has 0 saturated heterocycles. The van der Waals surface area contributed by atoms with Gasteiger partial charge in [-0.2, -0.15) is 5.10 Å². The lowest BCUT2D eigenvalue weighted by Crippen LogP contribution is -2.13. The van der Waals surface area contributed by atoms with E-state index in [0.717, 1.165) is 22.8 Å². The van der Waals surface area contributed by atoms with Crippen LogP contribution in [0.1, 0.15) is 23.0 Å². The van der Waals surface area contributed by atoms with Crippen molar-refractivity contribution >= 4 is 38.1 Å². The number of rotatable bonds is 8. The van der Waals surface area contributed by atoms with Gasteiger partial charge in [-0.25, -0.2) is 8.42 Å². The summed E-state index contributed by atoms with van der Waals surface area (Å²) in [4.78, 5) is 15.4. The van der Waals surface area contributed by atoms with Crippen LogP contribution in [0.25, 0.3) is 10.8 Å². The molecule has 186 valence electrons. The highest BCUT2D eigenvalue weighted by Crippen LogP contribution is 2.27. The molecule has 37 heavy (non-hydrogen) atoms. The molecule has 3 aromatic carbocycles. The van der Waals surface area contributed by atoms with Gasteiger partial charge in [0.05, 0.1) is 6.20 Å². The average molecular weight is 514 g/mol. The fourth-order valence-electron chi connectivity index (χ4n) is 3.72. The van der Waals surface area contributed by atoms with Gasteiger partial charge in [-0.1, -0.05) is 37.3 Å². The molecule has 5 rings (SSSR count). The molecule has 0 saturated carbocycles. The van der Waals surface area contributed by atoms with Crippen LogP contribution in [0.2, 0.25) is 0 Å². The van der Waals surface area contributed by atoms with E-state index in [1.807, 2.05) is 37.3 Å². The molecule has 0 unspecified atom stereocenters. The molecule has 0 atom stereocenters. The van der Waals surface area contributed by atoms with Crippen molar-refractivity contribution in [3.05, 3.63) is 103 Å². The van der Waals surface area contributed by atoms with E-state index in [1.54, 1.807) is 48.7 Å². The van der Waals surface area contributed by atoms with Crippen molar-refractivity contribution in [2.45, 2.75) is 18.2 Å². The van der Waals surface area contributed by atoms with E-state index in [4.69, 9.17) is 4.74 Å². The lowest BCUT2D eigenvalue weighted by atomic mass is 10.1. The number of nitrogens with one attached hydrogen (secondary N) is 3. The highest BCUT2D eigenvalue weighted by atomic mass is 32.2. The van der Waals surface area contributed by atoms with E-state index in [-0.39, 0.29) is 10.6 Å². The van der Waals surface area contributed by atoms with Gasteiger partial charge >= 0.3 is 0 Å². The second kappa shape index (κ2) is 10.1. The number of aryl methyl sites for hydroxylation is 1. The number of H-pyrrole nitrogens is 1. The number of aromatic amines is 1. The van der Waals surface area contributed by atoms with Crippen LogP contribution in [0.3, 0.4) is 0 Å². The number of nitrogens with zero attached hydrogens (tertiary/aromatic N) is 2. The number of hydrogen-bond acceptors (Lipinski definition) is 6. The second-order valence-corrected chi connectivity index (χ2v) is 9.91. The van der Waals surface area contributed by atoms with Gasteiger partial charge in [0.1, 0.15) is 16.3 Å². The lowest BCUT2D eigenvalue weighted by molar-refractivity contribution is 0.102. The van der Waals surface area contributed by atoms with Crippen molar-refractivity contribution in [2.75, 3.05) is 10.0 Å². The Morgan fingerprint density at radius 1 is 0.973 bits per heavy atom. The van der Waals surface area contributed by atoms with Gasteiger partial charge < -0.3 is 15.0 Å². The number of fused-ring (bicyclic) bond motifs is 1. The number of hydrogen-bond donors (Lipinski definition) is 3. The fraction of sp³-hybridized carbons (Fsp3) is 0.0741. The first kappa shape index (κ1) is 24.0. The number of carbonyl (C=O) groups excluding carboxylic acids is 1. The van der Waals surface area contributed by atoms with Crippen molar-refractivity contribution in [1.82, 2.24) is 15.2 Å². The topological polar surface area (TPSA) is 126 Å². The summed E-state index contributed by atoms with van der Waals surface area (Å²) < 4.78 is 34.0. The standard InChI is InChI=1S/C27H23N5O4S/c1-2-18-6-5-8-21(14-18)32-37(34,35)23-15-25(28-17-23)26(33)30-20-10-12-22(13-11-20)36-27-24-9-4-3-7-19(24)16-29-31-27/h3-17,28,32H,2H2,1H3,(H,30,33). The van der Waals surface area contributed by atoms with Gasteiger partial charge in [0.2, 0.25) is 5.88 Å². The Labute approximate surface area is 213 Å². The first-order chi connectivity index (χ1) is 17.9. The summed E-state index contributed by atoms with van der Waals surface area (Å²) in [5.74, 6) is 0.420.